The minimum absolute atomic E-state index is 0.202. The summed E-state index contributed by atoms with van der Waals surface area (Å²) in [5, 5.41) is 9.87. The highest BCUT2D eigenvalue weighted by Gasteiger charge is 2.34. The van der Waals surface area contributed by atoms with E-state index < -0.39 is 5.97 Å². The number of likely N-dealkylation sites (N-methyl/N-ethyl adjacent to an activating group) is 1. The number of aryl methyl sites for hydroxylation is 1. The summed E-state index contributed by atoms with van der Waals surface area (Å²) < 4.78 is 1.89. The molecule has 1 aromatic heterocycles. The lowest BCUT2D eigenvalue weighted by molar-refractivity contribution is 0.0695. The molecule has 3 nitrogen and oxygen atoms in total. The molecule has 5 heteroatoms. The largest absolute Gasteiger partial charge is 0.478 e. The highest BCUT2D eigenvalue weighted by Crippen LogP contribution is 2.46. The number of nitrogens with zero attached hydrogens (tertiary/aromatic N) is 1. The van der Waals surface area contributed by atoms with E-state index in [9.17, 15) is 9.90 Å². The van der Waals surface area contributed by atoms with Gasteiger partial charge in [0, 0.05) is 16.3 Å². The summed E-state index contributed by atoms with van der Waals surface area (Å²) in [5.41, 5.74) is 4.54. The average Bonchev–Trinajstić information content (AvgIpc) is 3.00. The van der Waals surface area contributed by atoms with Crippen molar-refractivity contribution >= 4 is 35.7 Å². The molecular weight excluding hydrogens is 326 g/mol. The SMILES string of the molecule is CN(S)CC1=C(c2sc3c(c2C(=O)O)CC(C)(C)CC3)CCC1. The summed E-state index contributed by atoms with van der Waals surface area (Å²) in [7, 11) is 1.95. The van der Waals surface area contributed by atoms with Gasteiger partial charge in [-0.3, -0.25) is 4.31 Å². The van der Waals surface area contributed by atoms with E-state index in [0.717, 1.165) is 55.5 Å². The zero-order chi connectivity index (χ0) is 16.8. The molecule has 2 aliphatic carbocycles. The molecule has 0 aliphatic heterocycles. The van der Waals surface area contributed by atoms with E-state index in [0.29, 0.717) is 5.56 Å². The van der Waals surface area contributed by atoms with Gasteiger partial charge in [0.2, 0.25) is 0 Å². The molecule has 0 amide bonds. The Morgan fingerprint density at radius 3 is 2.74 bits per heavy atom. The molecule has 0 unspecified atom stereocenters. The summed E-state index contributed by atoms with van der Waals surface area (Å²) in [4.78, 5) is 14.3. The Balaban J connectivity index is 2.10. The van der Waals surface area contributed by atoms with Crippen molar-refractivity contribution in [3.05, 3.63) is 26.5 Å². The first-order valence-electron chi connectivity index (χ1n) is 8.27. The molecule has 23 heavy (non-hydrogen) atoms. The van der Waals surface area contributed by atoms with Crippen molar-refractivity contribution in [2.45, 2.75) is 52.4 Å². The maximum atomic E-state index is 12.0. The normalized spacial score (nSPS) is 20.2. The molecular formula is C18H25NO2S2. The molecule has 0 saturated heterocycles. The van der Waals surface area contributed by atoms with Crippen molar-refractivity contribution in [2.24, 2.45) is 5.41 Å². The van der Waals surface area contributed by atoms with Gasteiger partial charge in [0.05, 0.1) is 5.56 Å². The van der Waals surface area contributed by atoms with E-state index in [2.05, 4.69) is 26.7 Å². The number of carbonyl (C=O) groups is 1. The highest BCUT2D eigenvalue weighted by atomic mass is 32.1. The summed E-state index contributed by atoms with van der Waals surface area (Å²) >= 11 is 6.11. The molecule has 1 N–H and O–H groups in total. The van der Waals surface area contributed by atoms with Crippen LogP contribution in [0.25, 0.3) is 5.57 Å². The van der Waals surface area contributed by atoms with Crippen molar-refractivity contribution in [1.82, 2.24) is 4.31 Å². The van der Waals surface area contributed by atoms with Crippen LogP contribution >= 0.6 is 24.2 Å². The Bertz CT molecular complexity index is 671. The Kier molecular flexibility index (Phi) is 4.64. The zero-order valence-corrected chi connectivity index (χ0v) is 15.8. The van der Waals surface area contributed by atoms with Crippen LogP contribution in [0.4, 0.5) is 0 Å². The lowest BCUT2D eigenvalue weighted by atomic mass is 9.76. The van der Waals surface area contributed by atoms with E-state index in [-0.39, 0.29) is 5.41 Å². The van der Waals surface area contributed by atoms with Gasteiger partial charge in [0.25, 0.3) is 0 Å². The number of aromatic carboxylic acids is 1. The number of hydrogen-bond donors (Lipinski definition) is 2. The van der Waals surface area contributed by atoms with Crippen LogP contribution in [0.15, 0.2) is 5.57 Å². The van der Waals surface area contributed by atoms with Gasteiger partial charge < -0.3 is 5.11 Å². The van der Waals surface area contributed by atoms with Crippen LogP contribution in [-0.2, 0) is 12.8 Å². The Morgan fingerprint density at radius 2 is 2.09 bits per heavy atom. The number of carboxylic acid groups (broad SMARTS) is 1. The lowest BCUT2D eigenvalue weighted by Gasteiger charge is -2.29. The zero-order valence-electron chi connectivity index (χ0n) is 14.1. The Hall–Kier alpha value is -0.780. The maximum absolute atomic E-state index is 12.0. The van der Waals surface area contributed by atoms with Crippen LogP contribution < -0.4 is 0 Å². The Labute approximate surface area is 147 Å². The number of rotatable bonds is 4. The van der Waals surface area contributed by atoms with Crippen LogP contribution in [0, 0.1) is 5.41 Å². The lowest BCUT2D eigenvalue weighted by Crippen LogP contribution is -2.22. The summed E-state index contributed by atoms with van der Waals surface area (Å²) in [6.45, 7) is 5.30. The fourth-order valence-corrected chi connectivity index (χ4v) is 5.49. The van der Waals surface area contributed by atoms with Crippen molar-refractivity contribution in [2.75, 3.05) is 13.6 Å². The molecule has 0 aromatic carbocycles. The number of allylic oxidation sites excluding steroid dienone is 1. The van der Waals surface area contributed by atoms with Gasteiger partial charge in [-0.15, -0.1) is 11.3 Å². The van der Waals surface area contributed by atoms with Crippen LogP contribution in [0.3, 0.4) is 0 Å². The minimum Gasteiger partial charge on any atom is -0.478 e. The average molecular weight is 352 g/mol. The smallest absolute Gasteiger partial charge is 0.337 e. The van der Waals surface area contributed by atoms with Gasteiger partial charge in [-0.2, -0.15) is 0 Å². The number of thiol groups is 1. The first-order valence-corrected chi connectivity index (χ1v) is 9.49. The second-order valence-electron chi connectivity index (χ2n) is 7.61. The van der Waals surface area contributed by atoms with Gasteiger partial charge in [0.15, 0.2) is 0 Å². The third-order valence-corrected chi connectivity index (χ3v) is 6.51. The van der Waals surface area contributed by atoms with E-state index >= 15 is 0 Å². The van der Waals surface area contributed by atoms with E-state index in [1.165, 1.54) is 16.0 Å². The Morgan fingerprint density at radius 1 is 1.35 bits per heavy atom. The van der Waals surface area contributed by atoms with Crippen LogP contribution in [0.1, 0.15) is 65.2 Å². The number of hydrogen-bond acceptors (Lipinski definition) is 4. The predicted octanol–water partition coefficient (Wildman–Crippen LogP) is 4.68. The number of thiophene rings is 1. The molecule has 0 saturated carbocycles. The quantitative estimate of drug-likeness (QED) is 0.774. The van der Waals surface area contributed by atoms with Gasteiger partial charge >= 0.3 is 5.97 Å². The number of fused-ring (bicyclic) bond motifs is 1. The molecule has 2 aliphatic rings. The molecule has 0 bridgehead atoms. The predicted molar refractivity (Wildman–Crippen MR) is 99.5 cm³/mol. The van der Waals surface area contributed by atoms with Crippen molar-refractivity contribution < 1.29 is 9.90 Å². The highest BCUT2D eigenvalue weighted by molar-refractivity contribution is 7.77. The first-order chi connectivity index (χ1) is 10.8. The monoisotopic (exact) mass is 351 g/mol. The maximum Gasteiger partial charge on any atom is 0.337 e. The molecule has 1 aromatic rings. The van der Waals surface area contributed by atoms with Crippen LogP contribution in [0.5, 0.6) is 0 Å². The molecule has 3 rings (SSSR count). The topological polar surface area (TPSA) is 40.5 Å². The van der Waals surface area contributed by atoms with E-state index in [1.54, 1.807) is 11.3 Å². The summed E-state index contributed by atoms with van der Waals surface area (Å²) in [6.07, 6.45) is 6.23. The van der Waals surface area contributed by atoms with Gasteiger partial charge in [-0.05, 0) is 62.1 Å². The van der Waals surface area contributed by atoms with Crippen molar-refractivity contribution in [3.63, 3.8) is 0 Å². The minimum atomic E-state index is -0.756. The fraction of sp³-hybridized carbons (Fsp3) is 0.611. The molecule has 0 spiro atoms. The van der Waals surface area contributed by atoms with Crippen molar-refractivity contribution in [3.8, 4) is 0 Å². The molecule has 126 valence electrons. The van der Waals surface area contributed by atoms with Gasteiger partial charge in [-0.25, -0.2) is 4.79 Å². The van der Waals surface area contributed by atoms with Crippen molar-refractivity contribution in [1.29, 1.82) is 0 Å². The first kappa shape index (κ1) is 17.1. The molecule has 0 radical (unpaired) electrons. The molecule has 0 fully saturated rings. The number of carboxylic acids is 1. The van der Waals surface area contributed by atoms with Gasteiger partial charge in [0.1, 0.15) is 0 Å². The fourth-order valence-electron chi connectivity index (χ4n) is 3.89. The van der Waals surface area contributed by atoms with Crippen LogP contribution in [0.2, 0.25) is 0 Å². The van der Waals surface area contributed by atoms with E-state index in [4.69, 9.17) is 0 Å². The standard InChI is InChI=1S/C18H25NO2S2/c1-18(2)8-7-14-13(9-18)15(17(20)21)16(23-14)12-6-4-5-11(12)10-19(3)22/h22H,4-10H2,1-3H3,(H,20,21). The molecule has 0 atom stereocenters. The van der Waals surface area contributed by atoms with Gasteiger partial charge in [-0.1, -0.05) is 32.2 Å². The summed E-state index contributed by atoms with van der Waals surface area (Å²) in [5.74, 6) is -0.756. The molecule has 1 heterocycles. The third-order valence-electron chi connectivity index (χ3n) is 5.01. The second kappa shape index (κ2) is 6.26. The second-order valence-corrected chi connectivity index (χ2v) is 9.39. The third kappa shape index (κ3) is 3.37. The van der Waals surface area contributed by atoms with Crippen LogP contribution in [-0.4, -0.2) is 29.0 Å². The van der Waals surface area contributed by atoms with E-state index in [1.807, 2.05) is 11.4 Å². The summed E-state index contributed by atoms with van der Waals surface area (Å²) in [6, 6.07) is 0.